The summed E-state index contributed by atoms with van der Waals surface area (Å²) in [4.78, 5) is 0. The minimum Gasteiger partial charge on any atom is -0.324 e. The van der Waals surface area contributed by atoms with E-state index in [0.29, 0.717) is 5.92 Å². The van der Waals surface area contributed by atoms with Gasteiger partial charge in [-0.05, 0) is 36.8 Å². The van der Waals surface area contributed by atoms with Crippen LogP contribution in [0.4, 0.5) is 0 Å². The van der Waals surface area contributed by atoms with Crippen LogP contribution < -0.4 is 5.73 Å². The molecule has 0 spiro atoms. The maximum Gasteiger partial charge on any atom is 0.0656 e. The maximum absolute atomic E-state index is 8.70. The maximum atomic E-state index is 8.70. The number of hydrogen-bond acceptors (Lipinski definition) is 2. The highest BCUT2D eigenvalue weighted by Gasteiger charge is 2.29. The predicted molar refractivity (Wildman–Crippen MR) is 60.1 cm³/mol. The Hall–Kier alpha value is -1.33. The van der Waals surface area contributed by atoms with Crippen LogP contribution in [-0.2, 0) is 0 Å². The fourth-order valence-electron chi connectivity index (χ4n) is 2.07. The molecule has 1 saturated carbocycles. The summed E-state index contributed by atoms with van der Waals surface area (Å²) in [6.07, 6.45) is 2.04. The average molecular weight is 200 g/mol. The van der Waals surface area contributed by atoms with E-state index in [0.717, 1.165) is 12.8 Å². The summed E-state index contributed by atoms with van der Waals surface area (Å²) in [7, 11) is 0. The second-order valence-corrected chi connectivity index (χ2v) is 4.45. The molecule has 15 heavy (non-hydrogen) atoms. The Morgan fingerprint density at radius 3 is 2.40 bits per heavy atom. The molecule has 2 nitrogen and oxygen atoms in total. The smallest absolute Gasteiger partial charge is 0.0656 e. The van der Waals surface area contributed by atoms with Gasteiger partial charge in [-0.1, -0.05) is 24.3 Å². The molecular formula is C13H16N2. The third-order valence-electron chi connectivity index (χ3n) is 3.25. The Labute approximate surface area is 90.7 Å². The van der Waals surface area contributed by atoms with Crippen molar-refractivity contribution in [1.82, 2.24) is 0 Å². The van der Waals surface area contributed by atoms with E-state index in [-0.39, 0.29) is 12.0 Å². The molecule has 1 aromatic carbocycles. The topological polar surface area (TPSA) is 49.8 Å². The van der Waals surface area contributed by atoms with Crippen molar-refractivity contribution in [1.29, 1.82) is 5.26 Å². The number of nitriles is 1. The molecule has 2 N–H and O–H groups in total. The molecule has 1 fully saturated rings. The Morgan fingerprint density at radius 2 is 1.93 bits per heavy atom. The van der Waals surface area contributed by atoms with Crippen molar-refractivity contribution in [3.05, 3.63) is 35.4 Å². The number of nitrogens with two attached hydrogens (primary N) is 1. The van der Waals surface area contributed by atoms with E-state index in [2.05, 4.69) is 30.3 Å². The van der Waals surface area contributed by atoms with Crippen LogP contribution in [-0.4, -0.2) is 0 Å². The van der Waals surface area contributed by atoms with Gasteiger partial charge in [0.25, 0.3) is 0 Å². The zero-order valence-electron chi connectivity index (χ0n) is 8.98. The monoisotopic (exact) mass is 200 g/mol. The molecule has 0 heterocycles. The highest BCUT2D eigenvalue weighted by Crippen LogP contribution is 2.41. The fraction of sp³-hybridized carbons (Fsp3) is 0.462. The summed E-state index contributed by atoms with van der Waals surface area (Å²) >= 11 is 0. The molecule has 0 amide bonds. The van der Waals surface area contributed by atoms with Crippen LogP contribution in [0.5, 0.6) is 0 Å². The second kappa shape index (κ2) is 4.04. The lowest BCUT2D eigenvalue weighted by Gasteiger charge is -2.31. The van der Waals surface area contributed by atoms with E-state index >= 15 is 0 Å². The molecule has 2 rings (SSSR count). The van der Waals surface area contributed by atoms with Gasteiger partial charge in [-0.15, -0.1) is 0 Å². The minimum atomic E-state index is 0.104. The van der Waals surface area contributed by atoms with Gasteiger partial charge in [0.15, 0.2) is 0 Å². The van der Waals surface area contributed by atoms with Crippen LogP contribution in [0.1, 0.15) is 42.9 Å². The van der Waals surface area contributed by atoms with Gasteiger partial charge in [0.05, 0.1) is 6.07 Å². The van der Waals surface area contributed by atoms with Crippen molar-refractivity contribution in [3.8, 4) is 6.07 Å². The number of benzene rings is 1. The third kappa shape index (κ3) is 2.03. The van der Waals surface area contributed by atoms with Crippen molar-refractivity contribution in [2.45, 2.75) is 31.7 Å². The lowest BCUT2D eigenvalue weighted by molar-refractivity contribution is 0.331. The van der Waals surface area contributed by atoms with Crippen molar-refractivity contribution >= 4 is 0 Å². The lowest BCUT2D eigenvalue weighted by atomic mass is 9.72. The van der Waals surface area contributed by atoms with Crippen molar-refractivity contribution in [2.75, 3.05) is 0 Å². The minimum absolute atomic E-state index is 0.104. The van der Waals surface area contributed by atoms with Crippen LogP contribution in [0, 0.1) is 17.2 Å². The summed E-state index contributed by atoms with van der Waals surface area (Å²) in [5, 5.41) is 8.70. The Bertz CT molecular complexity index is 367. The Morgan fingerprint density at radius 1 is 1.33 bits per heavy atom. The highest BCUT2D eigenvalue weighted by atomic mass is 14.6. The van der Waals surface area contributed by atoms with Gasteiger partial charge in [0, 0.05) is 12.0 Å². The summed E-state index contributed by atoms with van der Waals surface area (Å²) in [5.74, 6) is 0.875. The largest absolute Gasteiger partial charge is 0.324 e. The molecule has 0 aliphatic heterocycles. The molecule has 0 saturated heterocycles. The van der Waals surface area contributed by atoms with Crippen LogP contribution in [0.25, 0.3) is 0 Å². The summed E-state index contributed by atoms with van der Waals surface area (Å²) < 4.78 is 0. The van der Waals surface area contributed by atoms with Gasteiger partial charge in [0.2, 0.25) is 0 Å². The first kappa shape index (κ1) is 10.2. The predicted octanol–water partition coefficient (Wildman–Crippen LogP) is 2.72. The van der Waals surface area contributed by atoms with Gasteiger partial charge < -0.3 is 5.73 Å². The van der Waals surface area contributed by atoms with Crippen LogP contribution in [0.2, 0.25) is 0 Å². The summed E-state index contributed by atoms with van der Waals surface area (Å²) in [6, 6.07) is 10.9. The number of hydrogen-bond donors (Lipinski definition) is 1. The summed E-state index contributed by atoms with van der Waals surface area (Å²) in [5.41, 5.74) is 8.32. The zero-order chi connectivity index (χ0) is 10.8. The lowest BCUT2D eigenvalue weighted by Crippen LogP contribution is -2.20. The molecule has 2 heteroatoms. The quantitative estimate of drug-likeness (QED) is 0.798. The third-order valence-corrected chi connectivity index (χ3v) is 3.25. The standard InChI is InChI=1S/C13H16N2/c1-9(15)11-2-4-12(5-3-11)13-6-10(7-13)8-14/h2-5,9-10,13H,6-7,15H2,1H3. The molecule has 1 unspecified atom stereocenters. The molecule has 1 atom stereocenters. The van der Waals surface area contributed by atoms with E-state index in [1.54, 1.807) is 0 Å². The molecule has 1 aromatic rings. The Balaban J connectivity index is 2.03. The van der Waals surface area contributed by atoms with Crippen molar-refractivity contribution in [3.63, 3.8) is 0 Å². The first-order valence-electron chi connectivity index (χ1n) is 5.45. The van der Waals surface area contributed by atoms with Gasteiger partial charge in [0.1, 0.15) is 0 Å². The van der Waals surface area contributed by atoms with E-state index < -0.39 is 0 Å². The van der Waals surface area contributed by atoms with Gasteiger partial charge in [-0.2, -0.15) is 5.26 Å². The van der Waals surface area contributed by atoms with E-state index in [1.165, 1.54) is 11.1 Å². The van der Waals surface area contributed by atoms with E-state index in [1.807, 2.05) is 6.92 Å². The van der Waals surface area contributed by atoms with Gasteiger partial charge in [-0.3, -0.25) is 0 Å². The van der Waals surface area contributed by atoms with E-state index in [4.69, 9.17) is 11.0 Å². The van der Waals surface area contributed by atoms with Crippen LogP contribution >= 0.6 is 0 Å². The van der Waals surface area contributed by atoms with Crippen LogP contribution in [0.15, 0.2) is 24.3 Å². The molecule has 1 aliphatic rings. The molecule has 1 aliphatic carbocycles. The highest BCUT2D eigenvalue weighted by molar-refractivity contribution is 5.29. The molecule has 0 bridgehead atoms. The molecule has 0 radical (unpaired) electrons. The fourth-order valence-corrected chi connectivity index (χ4v) is 2.07. The molecule has 78 valence electrons. The first-order chi connectivity index (χ1) is 7.20. The first-order valence-corrected chi connectivity index (χ1v) is 5.45. The Kier molecular flexibility index (Phi) is 2.75. The van der Waals surface area contributed by atoms with Crippen molar-refractivity contribution < 1.29 is 0 Å². The van der Waals surface area contributed by atoms with Gasteiger partial charge >= 0.3 is 0 Å². The summed E-state index contributed by atoms with van der Waals surface area (Å²) in [6.45, 7) is 1.99. The number of rotatable bonds is 2. The average Bonchev–Trinajstić information content (AvgIpc) is 2.17. The van der Waals surface area contributed by atoms with Crippen LogP contribution in [0.3, 0.4) is 0 Å². The number of nitrogens with zero attached hydrogens (tertiary/aromatic N) is 1. The normalized spacial score (nSPS) is 26.5. The molecule has 0 aromatic heterocycles. The van der Waals surface area contributed by atoms with Crippen molar-refractivity contribution in [2.24, 2.45) is 11.7 Å². The zero-order valence-corrected chi connectivity index (χ0v) is 8.98. The van der Waals surface area contributed by atoms with E-state index in [9.17, 15) is 0 Å². The second-order valence-electron chi connectivity index (χ2n) is 4.45. The SMILES string of the molecule is CC(N)c1ccc(C2CC(C#N)C2)cc1. The molecular weight excluding hydrogens is 184 g/mol. The van der Waals surface area contributed by atoms with Gasteiger partial charge in [-0.25, -0.2) is 0 Å².